The van der Waals surface area contributed by atoms with Gasteiger partial charge in [0, 0.05) is 24.2 Å². The van der Waals surface area contributed by atoms with Gasteiger partial charge < -0.3 is 5.32 Å². The lowest BCUT2D eigenvalue weighted by Gasteiger charge is -2.32. The zero-order chi connectivity index (χ0) is 17.2. The number of anilines is 1. The lowest BCUT2D eigenvalue weighted by molar-refractivity contribution is 0.102. The van der Waals surface area contributed by atoms with Gasteiger partial charge in [-0.25, -0.2) is 8.42 Å². The fraction of sp³-hybridized carbons (Fsp3) is 0.375. The third kappa shape index (κ3) is 3.34. The molecule has 1 aromatic heterocycles. The average Bonchev–Trinajstić information content (AvgIpc) is 3.08. The maximum atomic E-state index is 12.7. The zero-order valence-electron chi connectivity index (χ0n) is 13.4. The third-order valence-electron chi connectivity index (χ3n) is 4.21. The Labute approximate surface area is 141 Å². The summed E-state index contributed by atoms with van der Waals surface area (Å²) in [6, 6.07) is 7.65. The van der Waals surface area contributed by atoms with Gasteiger partial charge in [0.05, 0.1) is 11.1 Å². The van der Waals surface area contributed by atoms with Gasteiger partial charge in [-0.3, -0.25) is 9.89 Å². The van der Waals surface area contributed by atoms with Crippen molar-refractivity contribution in [1.82, 2.24) is 14.5 Å². The summed E-state index contributed by atoms with van der Waals surface area (Å²) < 4.78 is 27.0. The fourth-order valence-corrected chi connectivity index (χ4v) is 4.56. The number of piperidine rings is 1. The van der Waals surface area contributed by atoms with Crippen LogP contribution in [0.5, 0.6) is 0 Å². The molecule has 1 fully saturated rings. The van der Waals surface area contributed by atoms with Gasteiger partial charge in [0.15, 0.2) is 0 Å². The average molecular weight is 348 g/mol. The summed E-state index contributed by atoms with van der Waals surface area (Å²) >= 11 is 0. The molecule has 3 rings (SSSR count). The van der Waals surface area contributed by atoms with E-state index < -0.39 is 10.0 Å². The van der Waals surface area contributed by atoms with Gasteiger partial charge >= 0.3 is 0 Å². The highest BCUT2D eigenvalue weighted by Crippen LogP contribution is 2.25. The molecule has 1 saturated heterocycles. The highest BCUT2D eigenvalue weighted by atomic mass is 32.2. The van der Waals surface area contributed by atoms with E-state index in [0.29, 0.717) is 17.9 Å². The minimum absolute atomic E-state index is 0.00658. The predicted octanol–water partition coefficient (Wildman–Crippen LogP) is 2.23. The number of nitrogens with one attached hydrogen (secondary N) is 2. The van der Waals surface area contributed by atoms with E-state index in [0.717, 1.165) is 19.3 Å². The number of rotatable bonds is 4. The molecule has 7 nitrogen and oxygen atoms in total. The Morgan fingerprint density at radius 1 is 1.25 bits per heavy atom. The first-order valence-corrected chi connectivity index (χ1v) is 9.35. The van der Waals surface area contributed by atoms with E-state index in [2.05, 4.69) is 15.5 Å². The van der Waals surface area contributed by atoms with Crippen molar-refractivity contribution in [2.24, 2.45) is 0 Å². The summed E-state index contributed by atoms with van der Waals surface area (Å²) in [4.78, 5) is 12.3. The summed E-state index contributed by atoms with van der Waals surface area (Å²) in [7, 11) is -3.52. The van der Waals surface area contributed by atoms with Gasteiger partial charge in [-0.05, 0) is 44.0 Å². The summed E-state index contributed by atoms with van der Waals surface area (Å²) in [5.41, 5.74) is 0.384. The lowest BCUT2D eigenvalue weighted by Crippen LogP contribution is -2.41. The van der Waals surface area contributed by atoms with E-state index in [1.54, 1.807) is 10.4 Å². The maximum absolute atomic E-state index is 12.7. The number of benzene rings is 1. The molecule has 0 saturated carbocycles. The van der Waals surface area contributed by atoms with Crippen LogP contribution in [0.25, 0.3) is 0 Å². The van der Waals surface area contributed by atoms with Crippen LogP contribution in [0.1, 0.15) is 36.5 Å². The van der Waals surface area contributed by atoms with Crippen molar-refractivity contribution in [1.29, 1.82) is 0 Å². The largest absolute Gasteiger partial charge is 0.307 e. The Morgan fingerprint density at radius 3 is 2.62 bits per heavy atom. The van der Waals surface area contributed by atoms with Crippen LogP contribution in [0.15, 0.2) is 41.4 Å². The Kier molecular flexibility index (Phi) is 4.68. The van der Waals surface area contributed by atoms with Crippen molar-refractivity contribution in [3.8, 4) is 0 Å². The lowest BCUT2D eigenvalue weighted by atomic mass is 10.1. The molecule has 0 bridgehead atoms. The molecular weight excluding hydrogens is 328 g/mol. The minimum atomic E-state index is -3.52. The van der Waals surface area contributed by atoms with Crippen LogP contribution in [0.3, 0.4) is 0 Å². The van der Waals surface area contributed by atoms with E-state index in [1.807, 2.05) is 6.92 Å². The molecule has 1 aliphatic rings. The Bertz CT molecular complexity index is 800. The second kappa shape index (κ2) is 6.74. The third-order valence-corrected chi connectivity index (χ3v) is 6.24. The first-order chi connectivity index (χ1) is 11.5. The number of nitrogens with zero attached hydrogens (tertiary/aromatic N) is 2. The van der Waals surface area contributed by atoms with E-state index in [4.69, 9.17) is 0 Å². The molecular formula is C16H20N4O3S. The SMILES string of the molecule is CC1CCCCN1S(=O)(=O)c1ccc(C(=O)Nc2ccn[nH]2)cc1. The van der Waals surface area contributed by atoms with Crippen LogP contribution in [0.2, 0.25) is 0 Å². The Hall–Kier alpha value is -2.19. The van der Waals surface area contributed by atoms with Crippen LogP contribution in [-0.2, 0) is 10.0 Å². The van der Waals surface area contributed by atoms with Crippen LogP contribution >= 0.6 is 0 Å². The number of aromatic nitrogens is 2. The van der Waals surface area contributed by atoms with Crippen LogP contribution in [-0.4, -0.2) is 41.4 Å². The number of aromatic amines is 1. The van der Waals surface area contributed by atoms with Gasteiger partial charge in [0.2, 0.25) is 10.0 Å². The number of H-pyrrole nitrogens is 1. The quantitative estimate of drug-likeness (QED) is 0.886. The summed E-state index contributed by atoms with van der Waals surface area (Å²) in [5.74, 6) is 0.161. The number of amides is 1. The highest BCUT2D eigenvalue weighted by molar-refractivity contribution is 7.89. The Balaban J connectivity index is 1.77. The molecule has 1 atom stereocenters. The van der Waals surface area contributed by atoms with Crippen LogP contribution in [0.4, 0.5) is 5.82 Å². The summed E-state index contributed by atoms with van der Waals surface area (Å²) in [5, 5.41) is 9.04. The molecule has 8 heteroatoms. The molecule has 0 aliphatic carbocycles. The Morgan fingerprint density at radius 2 is 2.00 bits per heavy atom. The maximum Gasteiger partial charge on any atom is 0.256 e. The molecule has 0 radical (unpaired) electrons. The molecule has 24 heavy (non-hydrogen) atoms. The van der Waals surface area contributed by atoms with Gasteiger partial charge in [-0.1, -0.05) is 6.42 Å². The molecule has 1 aliphatic heterocycles. The number of hydrogen-bond donors (Lipinski definition) is 2. The summed E-state index contributed by atoms with van der Waals surface area (Å²) in [6.45, 7) is 2.48. The molecule has 1 aromatic carbocycles. The molecule has 1 unspecified atom stereocenters. The van der Waals surface area contributed by atoms with Crippen molar-refractivity contribution >= 4 is 21.7 Å². The molecule has 2 heterocycles. The van der Waals surface area contributed by atoms with E-state index in [-0.39, 0.29) is 16.8 Å². The number of hydrogen-bond acceptors (Lipinski definition) is 4. The van der Waals surface area contributed by atoms with Crippen molar-refractivity contribution in [2.45, 2.75) is 37.1 Å². The first kappa shape index (κ1) is 16.7. The second-order valence-corrected chi connectivity index (χ2v) is 7.80. The molecule has 1 amide bonds. The van der Waals surface area contributed by atoms with Crippen molar-refractivity contribution < 1.29 is 13.2 Å². The van der Waals surface area contributed by atoms with Crippen LogP contribution in [0, 0.1) is 0 Å². The summed E-state index contributed by atoms with van der Waals surface area (Å²) in [6.07, 6.45) is 4.35. The van der Waals surface area contributed by atoms with Gasteiger partial charge in [0.1, 0.15) is 5.82 Å². The fourth-order valence-electron chi connectivity index (χ4n) is 2.86. The normalized spacial score (nSPS) is 19.1. The molecule has 0 spiro atoms. The molecule has 2 N–H and O–H groups in total. The van der Waals surface area contributed by atoms with Crippen molar-refractivity contribution in [3.05, 3.63) is 42.1 Å². The van der Waals surface area contributed by atoms with Gasteiger partial charge in [-0.2, -0.15) is 9.40 Å². The first-order valence-electron chi connectivity index (χ1n) is 7.91. The smallest absolute Gasteiger partial charge is 0.256 e. The van der Waals surface area contributed by atoms with Crippen molar-refractivity contribution in [2.75, 3.05) is 11.9 Å². The van der Waals surface area contributed by atoms with Gasteiger partial charge in [0.25, 0.3) is 5.91 Å². The highest BCUT2D eigenvalue weighted by Gasteiger charge is 2.30. The zero-order valence-corrected chi connectivity index (χ0v) is 14.2. The minimum Gasteiger partial charge on any atom is -0.307 e. The topological polar surface area (TPSA) is 95.2 Å². The van der Waals surface area contributed by atoms with E-state index in [1.165, 1.54) is 30.5 Å². The number of sulfonamides is 1. The van der Waals surface area contributed by atoms with Crippen LogP contribution < -0.4 is 5.32 Å². The number of carbonyl (C=O) groups excluding carboxylic acids is 1. The number of carbonyl (C=O) groups is 1. The standard InChI is InChI=1S/C16H20N4O3S/c1-12-4-2-3-11-20(12)24(22,23)14-7-5-13(6-8-14)16(21)18-15-9-10-17-19-15/h5-10,12H,2-4,11H2,1H3,(H2,17,18,19,21). The van der Waals surface area contributed by atoms with E-state index >= 15 is 0 Å². The predicted molar refractivity (Wildman–Crippen MR) is 90.2 cm³/mol. The molecule has 128 valence electrons. The second-order valence-electron chi connectivity index (χ2n) is 5.91. The molecule has 2 aromatic rings. The van der Waals surface area contributed by atoms with E-state index in [9.17, 15) is 13.2 Å². The monoisotopic (exact) mass is 348 g/mol. The van der Waals surface area contributed by atoms with Crippen molar-refractivity contribution in [3.63, 3.8) is 0 Å². The van der Waals surface area contributed by atoms with Gasteiger partial charge in [-0.15, -0.1) is 0 Å².